The van der Waals surface area contributed by atoms with Crippen molar-refractivity contribution in [3.8, 4) is 11.1 Å². The molecule has 0 amide bonds. The van der Waals surface area contributed by atoms with Crippen molar-refractivity contribution in [2.24, 2.45) is 0 Å². The molecule has 4 heteroatoms. The van der Waals surface area contributed by atoms with Crippen molar-refractivity contribution >= 4 is 9.84 Å². The van der Waals surface area contributed by atoms with Gasteiger partial charge in [0.2, 0.25) is 0 Å². The van der Waals surface area contributed by atoms with E-state index in [4.69, 9.17) is 0 Å². The van der Waals surface area contributed by atoms with Crippen LogP contribution in [0.1, 0.15) is 17.5 Å². The molecule has 0 unspecified atom stereocenters. The summed E-state index contributed by atoms with van der Waals surface area (Å²) in [6.07, 6.45) is 1.99. The molecule has 116 valence electrons. The predicted octanol–water partition coefficient (Wildman–Crippen LogP) is 3.10. The Bertz CT molecular complexity index is 721. The number of rotatable bonds is 4. The number of benzene rings is 2. The first-order valence-electron chi connectivity index (χ1n) is 7.59. The summed E-state index contributed by atoms with van der Waals surface area (Å²) in [5.74, 6) is 0.257. The summed E-state index contributed by atoms with van der Waals surface area (Å²) >= 11 is 0. The second-order valence-electron chi connectivity index (χ2n) is 6.01. The predicted molar refractivity (Wildman–Crippen MR) is 90.3 cm³/mol. The summed E-state index contributed by atoms with van der Waals surface area (Å²) in [7, 11) is -2.88. The Morgan fingerprint density at radius 3 is 1.91 bits per heavy atom. The van der Waals surface area contributed by atoms with Gasteiger partial charge in [0.25, 0.3) is 0 Å². The lowest BCUT2D eigenvalue weighted by atomic mass is 9.97. The minimum Gasteiger partial charge on any atom is -0.295 e. The Kier molecular flexibility index (Phi) is 4.32. The molecule has 2 aromatic carbocycles. The van der Waals surface area contributed by atoms with E-state index >= 15 is 0 Å². The molecular formula is C18H21NO2S. The summed E-state index contributed by atoms with van der Waals surface area (Å²) < 4.78 is 22.6. The molecular weight excluding hydrogens is 294 g/mol. The van der Waals surface area contributed by atoms with Crippen LogP contribution in [0.2, 0.25) is 0 Å². The first-order valence-corrected chi connectivity index (χ1v) is 9.65. The molecule has 0 atom stereocenters. The van der Waals surface area contributed by atoms with Gasteiger partial charge in [0, 0.05) is 19.3 Å². The van der Waals surface area contributed by atoms with Gasteiger partial charge in [-0.3, -0.25) is 4.90 Å². The maximum absolute atomic E-state index is 11.3. The lowest BCUT2D eigenvalue weighted by molar-refractivity contribution is 0.260. The molecule has 0 spiro atoms. The molecule has 22 heavy (non-hydrogen) atoms. The van der Waals surface area contributed by atoms with Gasteiger partial charge in [0.05, 0.1) is 5.75 Å². The van der Waals surface area contributed by atoms with E-state index in [0.717, 1.165) is 19.6 Å². The molecule has 0 radical (unpaired) electrons. The van der Waals surface area contributed by atoms with E-state index in [1.807, 2.05) is 0 Å². The van der Waals surface area contributed by atoms with E-state index < -0.39 is 9.84 Å². The van der Waals surface area contributed by atoms with Crippen LogP contribution in [0.4, 0.5) is 0 Å². The van der Waals surface area contributed by atoms with Gasteiger partial charge in [0.1, 0.15) is 9.84 Å². The Morgan fingerprint density at radius 1 is 0.909 bits per heavy atom. The minimum atomic E-state index is -2.88. The second-order valence-corrected chi connectivity index (χ2v) is 8.27. The Morgan fingerprint density at radius 2 is 1.41 bits per heavy atom. The van der Waals surface area contributed by atoms with Crippen molar-refractivity contribution in [3.05, 3.63) is 59.7 Å². The lowest BCUT2D eigenvalue weighted by Gasteiger charge is -2.20. The van der Waals surface area contributed by atoms with Crippen LogP contribution in [-0.4, -0.2) is 31.9 Å². The average molecular weight is 315 g/mol. The standard InChI is InChI=1S/C18H21NO2S/c1-22(20,21)12-6-11-19-13-15-7-2-4-9-17(15)18-10-5-3-8-16(18)14-19/h2-5,7-10H,6,11-14H2,1H3. The summed E-state index contributed by atoms with van der Waals surface area (Å²) in [6.45, 7) is 2.54. The smallest absolute Gasteiger partial charge is 0.147 e. The SMILES string of the molecule is CS(=O)(=O)CCCN1Cc2ccccc2-c2ccccc2C1. The van der Waals surface area contributed by atoms with Gasteiger partial charge < -0.3 is 0 Å². The van der Waals surface area contributed by atoms with Crippen molar-refractivity contribution in [2.45, 2.75) is 19.5 Å². The minimum absolute atomic E-state index is 0.257. The van der Waals surface area contributed by atoms with Crippen LogP contribution in [0.5, 0.6) is 0 Å². The molecule has 3 nitrogen and oxygen atoms in total. The Balaban J connectivity index is 1.86. The third-order valence-electron chi connectivity index (χ3n) is 4.10. The highest BCUT2D eigenvalue weighted by Gasteiger charge is 2.18. The molecule has 2 aromatic rings. The first-order chi connectivity index (χ1) is 10.5. The molecule has 3 rings (SSSR count). The van der Waals surface area contributed by atoms with Crippen LogP contribution >= 0.6 is 0 Å². The Hall–Kier alpha value is -1.65. The van der Waals surface area contributed by atoms with Gasteiger partial charge in [0.15, 0.2) is 0 Å². The fourth-order valence-electron chi connectivity index (χ4n) is 3.09. The highest BCUT2D eigenvalue weighted by Crippen LogP contribution is 2.32. The van der Waals surface area contributed by atoms with Gasteiger partial charge in [-0.2, -0.15) is 0 Å². The number of hydrogen-bond acceptors (Lipinski definition) is 3. The largest absolute Gasteiger partial charge is 0.295 e. The first kappa shape index (κ1) is 15.3. The maximum atomic E-state index is 11.3. The molecule has 0 bridgehead atoms. The third-order valence-corrected chi connectivity index (χ3v) is 5.13. The van der Waals surface area contributed by atoms with E-state index in [2.05, 4.69) is 53.4 Å². The molecule has 1 heterocycles. The molecule has 0 fully saturated rings. The zero-order chi connectivity index (χ0) is 15.6. The van der Waals surface area contributed by atoms with Gasteiger partial charge >= 0.3 is 0 Å². The fraction of sp³-hybridized carbons (Fsp3) is 0.333. The average Bonchev–Trinajstić information content (AvgIpc) is 2.62. The van der Waals surface area contributed by atoms with Gasteiger partial charge in [-0.25, -0.2) is 8.42 Å². The molecule has 1 aliphatic heterocycles. The van der Waals surface area contributed by atoms with Crippen LogP contribution in [0.15, 0.2) is 48.5 Å². The summed E-state index contributed by atoms with van der Waals surface area (Å²) in [4.78, 5) is 2.34. The van der Waals surface area contributed by atoms with E-state index in [1.165, 1.54) is 28.5 Å². The van der Waals surface area contributed by atoms with Crippen molar-refractivity contribution in [1.29, 1.82) is 0 Å². The molecule has 0 saturated carbocycles. The number of nitrogens with zero attached hydrogens (tertiary/aromatic N) is 1. The van der Waals surface area contributed by atoms with Crippen molar-refractivity contribution in [2.75, 3.05) is 18.6 Å². The lowest BCUT2D eigenvalue weighted by Crippen LogP contribution is -2.24. The monoisotopic (exact) mass is 315 g/mol. The molecule has 1 aliphatic rings. The number of hydrogen-bond donors (Lipinski definition) is 0. The fourth-order valence-corrected chi connectivity index (χ4v) is 3.74. The second kappa shape index (κ2) is 6.23. The van der Waals surface area contributed by atoms with E-state index in [9.17, 15) is 8.42 Å². The van der Waals surface area contributed by atoms with Crippen molar-refractivity contribution in [1.82, 2.24) is 4.90 Å². The van der Waals surface area contributed by atoms with Crippen LogP contribution in [-0.2, 0) is 22.9 Å². The maximum Gasteiger partial charge on any atom is 0.147 e. The van der Waals surface area contributed by atoms with Gasteiger partial charge in [-0.15, -0.1) is 0 Å². The number of fused-ring (bicyclic) bond motifs is 3. The third kappa shape index (κ3) is 3.57. The van der Waals surface area contributed by atoms with Gasteiger partial charge in [-0.1, -0.05) is 48.5 Å². The Labute approximate surface area is 132 Å². The highest BCUT2D eigenvalue weighted by atomic mass is 32.2. The topological polar surface area (TPSA) is 37.4 Å². The van der Waals surface area contributed by atoms with E-state index in [-0.39, 0.29) is 5.75 Å². The zero-order valence-electron chi connectivity index (χ0n) is 12.8. The molecule has 0 aromatic heterocycles. The van der Waals surface area contributed by atoms with E-state index in [0.29, 0.717) is 6.42 Å². The molecule has 0 N–H and O–H groups in total. The molecule has 0 saturated heterocycles. The van der Waals surface area contributed by atoms with Crippen molar-refractivity contribution in [3.63, 3.8) is 0 Å². The molecule has 0 aliphatic carbocycles. The van der Waals surface area contributed by atoms with Crippen LogP contribution < -0.4 is 0 Å². The van der Waals surface area contributed by atoms with Crippen LogP contribution in [0.25, 0.3) is 11.1 Å². The van der Waals surface area contributed by atoms with Crippen LogP contribution in [0, 0.1) is 0 Å². The number of sulfone groups is 1. The summed E-state index contributed by atoms with van der Waals surface area (Å²) in [5, 5.41) is 0. The quantitative estimate of drug-likeness (QED) is 0.870. The van der Waals surface area contributed by atoms with E-state index in [1.54, 1.807) is 0 Å². The summed E-state index contributed by atoms with van der Waals surface area (Å²) in [6, 6.07) is 17.0. The normalized spacial score (nSPS) is 15.0. The van der Waals surface area contributed by atoms with Gasteiger partial charge in [-0.05, 0) is 35.2 Å². The van der Waals surface area contributed by atoms with Crippen molar-refractivity contribution < 1.29 is 8.42 Å². The summed E-state index contributed by atoms with van der Waals surface area (Å²) in [5.41, 5.74) is 5.21. The highest BCUT2D eigenvalue weighted by molar-refractivity contribution is 7.90. The zero-order valence-corrected chi connectivity index (χ0v) is 13.6. The van der Waals surface area contributed by atoms with Crippen LogP contribution in [0.3, 0.4) is 0 Å².